The lowest BCUT2D eigenvalue weighted by molar-refractivity contribution is 0.370. The Labute approximate surface area is 149 Å². The fourth-order valence-electron chi connectivity index (χ4n) is 1.62. The second-order valence-corrected chi connectivity index (χ2v) is 7.44. The molecule has 2 aromatic rings. The third-order valence-electron chi connectivity index (χ3n) is 2.74. The minimum atomic E-state index is -3.56. The first-order valence-corrected chi connectivity index (χ1v) is 9.23. The highest BCUT2D eigenvalue weighted by atomic mass is 79.9. The Morgan fingerprint density at radius 2 is 1.78 bits per heavy atom. The van der Waals surface area contributed by atoms with Crippen molar-refractivity contribution in [3.63, 3.8) is 0 Å². The lowest BCUT2D eigenvalue weighted by Gasteiger charge is -2.04. The average molecular weight is 415 g/mol. The summed E-state index contributed by atoms with van der Waals surface area (Å²) in [5, 5.41) is 0.505. The molecule has 0 unspecified atom stereocenters. The van der Waals surface area contributed by atoms with Crippen molar-refractivity contribution in [2.24, 2.45) is 0 Å². The summed E-state index contributed by atoms with van der Waals surface area (Å²) < 4.78 is 32.6. The predicted molar refractivity (Wildman–Crippen MR) is 94.1 cm³/mol. The highest BCUT2D eigenvalue weighted by Crippen LogP contribution is 2.22. The van der Waals surface area contributed by atoms with Gasteiger partial charge in [-0.25, -0.2) is 8.42 Å². The third-order valence-corrected chi connectivity index (χ3v) is 4.99. The maximum atomic E-state index is 12.0. The summed E-state index contributed by atoms with van der Waals surface area (Å²) in [6.45, 7) is 0.133. The van der Waals surface area contributed by atoms with Crippen molar-refractivity contribution in [2.45, 2.75) is 4.90 Å². The summed E-state index contributed by atoms with van der Waals surface area (Å²) in [6, 6.07) is 13.4. The van der Waals surface area contributed by atoms with Crippen molar-refractivity contribution in [2.75, 3.05) is 13.2 Å². The van der Waals surface area contributed by atoms with Crippen LogP contribution >= 0.6 is 27.5 Å². The van der Waals surface area contributed by atoms with Gasteiger partial charge in [-0.05, 0) is 36.4 Å². The van der Waals surface area contributed by atoms with Crippen LogP contribution in [0, 0.1) is 11.8 Å². The molecule has 4 nitrogen and oxygen atoms in total. The van der Waals surface area contributed by atoms with Gasteiger partial charge in [0.05, 0.1) is 16.5 Å². The monoisotopic (exact) mass is 413 g/mol. The molecular weight excluding hydrogens is 402 g/mol. The van der Waals surface area contributed by atoms with E-state index >= 15 is 0 Å². The molecule has 0 aliphatic carbocycles. The fourth-order valence-corrected chi connectivity index (χ4v) is 3.00. The van der Waals surface area contributed by atoms with E-state index in [2.05, 4.69) is 32.5 Å². The molecule has 0 aromatic heterocycles. The Hall–Kier alpha value is -1.52. The number of halogens is 2. The molecule has 7 heteroatoms. The van der Waals surface area contributed by atoms with Gasteiger partial charge in [0.1, 0.15) is 12.4 Å². The maximum absolute atomic E-state index is 12.0. The molecular formula is C16H13BrClNO3S. The van der Waals surface area contributed by atoms with Crippen molar-refractivity contribution in [3.05, 3.63) is 58.0 Å². The van der Waals surface area contributed by atoms with Crippen LogP contribution in [0.5, 0.6) is 5.75 Å². The molecule has 2 rings (SSSR count). The van der Waals surface area contributed by atoms with Gasteiger partial charge in [-0.1, -0.05) is 51.5 Å². The Morgan fingerprint density at radius 1 is 1.09 bits per heavy atom. The minimum absolute atomic E-state index is 0.00425. The Morgan fingerprint density at radius 3 is 2.48 bits per heavy atom. The number of benzene rings is 2. The highest BCUT2D eigenvalue weighted by Gasteiger charge is 2.11. The van der Waals surface area contributed by atoms with Gasteiger partial charge >= 0.3 is 0 Å². The van der Waals surface area contributed by atoms with Crippen LogP contribution in [-0.4, -0.2) is 21.6 Å². The second kappa shape index (κ2) is 8.37. The zero-order chi connectivity index (χ0) is 16.7. The molecule has 0 fully saturated rings. The molecule has 0 heterocycles. The van der Waals surface area contributed by atoms with Gasteiger partial charge < -0.3 is 4.74 Å². The van der Waals surface area contributed by atoms with Gasteiger partial charge in [-0.3, -0.25) is 0 Å². The van der Waals surface area contributed by atoms with E-state index in [0.717, 1.165) is 4.47 Å². The number of nitrogens with one attached hydrogen (secondary N) is 1. The van der Waals surface area contributed by atoms with Gasteiger partial charge in [0, 0.05) is 4.47 Å². The molecule has 0 radical (unpaired) electrons. The van der Waals surface area contributed by atoms with Crippen LogP contribution in [0.4, 0.5) is 0 Å². The zero-order valence-corrected chi connectivity index (χ0v) is 15.1. The van der Waals surface area contributed by atoms with E-state index in [-0.39, 0.29) is 18.0 Å². The normalized spacial score (nSPS) is 10.7. The molecule has 0 saturated heterocycles. The van der Waals surface area contributed by atoms with E-state index in [9.17, 15) is 8.42 Å². The highest BCUT2D eigenvalue weighted by molar-refractivity contribution is 9.10. The molecule has 0 atom stereocenters. The van der Waals surface area contributed by atoms with Gasteiger partial charge in [0.2, 0.25) is 10.0 Å². The van der Waals surface area contributed by atoms with Gasteiger partial charge in [0.25, 0.3) is 0 Å². The zero-order valence-electron chi connectivity index (χ0n) is 11.9. The molecule has 120 valence electrons. The summed E-state index contributed by atoms with van der Waals surface area (Å²) in [5.74, 6) is 5.96. The van der Waals surface area contributed by atoms with Crippen LogP contribution in [0.15, 0.2) is 57.9 Å². The van der Waals surface area contributed by atoms with E-state index < -0.39 is 10.0 Å². The number of para-hydroxylation sites is 1. The first-order valence-electron chi connectivity index (χ1n) is 6.57. The van der Waals surface area contributed by atoms with E-state index in [0.29, 0.717) is 10.8 Å². The number of hydrogen-bond acceptors (Lipinski definition) is 3. The van der Waals surface area contributed by atoms with Crippen LogP contribution in [0.2, 0.25) is 5.02 Å². The number of hydrogen-bond donors (Lipinski definition) is 1. The van der Waals surface area contributed by atoms with Gasteiger partial charge in [-0.15, -0.1) is 0 Å². The SMILES string of the molecule is O=S(=O)(NCC#CCOc1ccccc1Cl)c1ccc(Br)cc1. The number of sulfonamides is 1. The van der Waals surface area contributed by atoms with E-state index in [4.69, 9.17) is 16.3 Å². The van der Waals surface area contributed by atoms with E-state index in [1.807, 2.05) is 0 Å². The lowest BCUT2D eigenvalue weighted by atomic mass is 10.3. The summed E-state index contributed by atoms with van der Waals surface area (Å²) in [4.78, 5) is 0.190. The van der Waals surface area contributed by atoms with Crippen LogP contribution in [0.3, 0.4) is 0 Å². The van der Waals surface area contributed by atoms with Crippen molar-refractivity contribution >= 4 is 37.6 Å². The Balaban J connectivity index is 1.83. The number of rotatable bonds is 5. The van der Waals surface area contributed by atoms with E-state index in [1.54, 1.807) is 36.4 Å². The molecule has 23 heavy (non-hydrogen) atoms. The van der Waals surface area contributed by atoms with Crippen LogP contribution in [0.25, 0.3) is 0 Å². The van der Waals surface area contributed by atoms with Crippen LogP contribution in [-0.2, 0) is 10.0 Å². The first kappa shape index (κ1) is 17.8. The molecule has 0 aliphatic heterocycles. The fraction of sp³-hybridized carbons (Fsp3) is 0.125. The second-order valence-electron chi connectivity index (χ2n) is 4.35. The summed E-state index contributed by atoms with van der Waals surface area (Å²) >= 11 is 9.19. The molecule has 0 bridgehead atoms. The molecule has 0 saturated carbocycles. The molecule has 0 spiro atoms. The van der Waals surface area contributed by atoms with E-state index in [1.165, 1.54) is 12.1 Å². The largest absolute Gasteiger partial charge is 0.479 e. The molecule has 1 N–H and O–H groups in total. The topological polar surface area (TPSA) is 55.4 Å². The summed E-state index contributed by atoms with van der Waals surface area (Å²) in [7, 11) is -3.56. The first-order chi connectivity index (χ1) is 11.0. The van der Waals surface area contributed by atoms with Gasteiger partial charge in [0.15, 0.2) is 0 Å². The van der Waals surface area contributed by atoms with Crippen molar-refractivity contribution in [1.29, 1.82) is 0 Å². The standard InChI is InChI=1S/C16H13BrClNO3S/c17-13-7-9-14(10-8-13)23(20,21)19-11-3-4-12-22-16-6-2-1-5-15(16)18/h1-2,5-10,19H,11-12H2. The number of ether oxygens (including phenoxy) is 1. The average Bonchev–Trinajstić information content (AvgIpc) is 2.52. The van der Waals surface area contributed by atoms with Crippen LogP contribution in [0.1, 0.15) is 0 Å². The smallest absolute Gasteiger partial charge is 0.241 e. The Kier molecular flexibility index (Phi) is 6.48. The molecule has 0 aliphatic rings. The maximum Gasteiger partial charge on any atom is 0.241 e. The lowest BCUT2D eigenvalue weighted by Crippen LogP contribution is -2.24. The molecule has 2 aromatic carbocycles. The van der Waals surface area contributed by atoms with Crippen molar-refractivity contribution < 1.29 is 13.2 Å². The quantitative estimate of drug-likeness (QED) is 0.762. The van der Waals surface area contributed by atoms with Gasteiger partial charge in [-0.2, -0.15) is 4.72 Å². The molecule has 0 amide bonds. The van der Waals surface area contributed by atoms with Crippen molar-refractivity contribution in [1.82, 2.24) is 4.72 Å². The Bertz CT molecular complexity index is 826. The predicted octanol–water partition coefficient (Wildman–Crippen LogP) is 3.46. The summed E-state index contributed by atoms with van der Waals surface area (Å²) in [5.41, 5.74) is 0. The van der Waals surface area contributed by atoms with Crippen LogP contribution < -0.4 is 9.46 Å². The third kappa shape index (κ3) is 5.56. The minimum Gasteiger partial charge on any atom is -0.479 e. The van der Waals surface area contributed by atoms with Crippen molar-refractivity contribution in [3.8, 4) is 17.6 Å². The summed E-state index contributed by atoms with van der Waals surface area (Å²) in [6.07, 6.45) is 0.